The van der Waals surface area contributed by atoms with Crippen LogP contribution < -0.4 is 15.0 Å². The zero-order valence-corrected chi connectivity index (χ0v) is 18.2. The van der Waals surface area contributed by atoms with Crippen LogP contribution in [-0.2, 0) is 6.61 Å². The fourth-order valence-electron chi connectivity index (χ4n) is 2.68. The van der Waals surface area contributed by atoms with Crippen molar-refractivity contribution in [2.75, 3.05) is 20.2 Å². The van der Waals surface area contributed by atoms with Crippen molar-refractivity contribution in [2.24, 2.45) is 0 Å². The average molecular weight is 428 g/mol. The molecule has 0 unspecified atom stereocenters. The number of aromatic nitrogens is 2. The van der Waals surface area contributed by atoms with Crippen molar-refractivity contribution in [2.45, 2.75) is 26.5 Å². The molecule has 0 fully saturated rings. The van der Waals surface area contributed by atoms with Gasteiger partial charge in [-0.05, 0) is 63.4 Å². The Kier molecular flexibility index (Phi) is 7.49. The molecule has 0 aliphatic heterocycles. The van der Waals surface area contributed by atoms with Crippen LogP contribution in [0.25, 0.3) is 5.69 Å². The normalized spacial score (nSPS) is 11.1. The van der Waals surface area contributed by atoms with E-state index in [1.165, 1.54) is 6.07 Å². The number of nitrogens with zero attached hydrogens (tertiary/aromatic N) is 3. The Morgan fingerprint density at radius 2 is 1.83 bits per heavy atom. The van der Waals surface area contributed by atoms with Crippen molar-refractivity contribution >= 4 is 11.6 Å². The minimum atomic E-state index is -0.177. The molecular weight excluding hydrogens is 402 g/mol. The van der Waals surface area contributed by atoms with Crippen LogP contribution in [0.3, 0.4) is 0 Å². The van der Waals surface area contributed by atoms with Gasteiger partial charge in [0.15, 0.2) is 0 Å². The van der Waals surface area contributed by atoms with Crippen LogP contribution in [0.4, 0.5) is 0 Å². The van der Waals surface area contributed by atoms with E-state index in [4.69, 9.17) is 21.1 Å². The Hall–Kier alpha value is -2.83. The summed E-state index contributed by atoms with van der Waals surface area (Å²) in [4.78, 5) is 18.9. The molecule has 0 radical (unpaired) electrons. The fraction of sp³-hybridized carbons (Fsp3) is 0.304. The largest absolute Gasteiger partial charge is 0.492 e. The van der Waals surface area contributed by atoms with Crippen molar-refractivity contribution in [3.05, 3.63) is 82.0 Å². The average Bonchev–Trinajstić information content (AvgIpc) is 2.74. The smallest absolute Gasteiger partial charge is 0.258 e. The van der Waals surface area contributed by atoms with Crippen LogP contribution in [0.15, 0.2) is 65.7 Å². The van der Waals surface area contributed by atoms with E-state index in [0.29, 0.717) is 23.4 Å². The number of hydrogen-bond donors (Lipinski definition) is 0. The predicted molar refractivity (Wildman–Crippen MR) is 119 cm³/mol. The van der Waals surface area contributed by atoms with E-state index in [9.17, 15) is 4.79 Å². The lowest BCUT2D eigenvalue weighted by Crippen LogP contribution is -2.30. The standard InChI is InChI=1S/C23H26ClN3O3/c1-17(2)26(3)12-13-29-21-8-6-20(7-9-21)27-11-10-22(14-23(27)28)30-16-19-5-4-18(24)15-25-19/h4-11,14-15,17H,12-13,16H2,1-3H3. The first kappa shape index (κ1) is 21.9. The highest BCUT2D eigenvalue weighted by atomic mass is 35.5. The molecule has 2 heterocycles. The second-order valence-corrected chi connectivity index (χ2v) is 7.68. The van der Waals surface area contributed by atoms with E-state index in [1.54, 1.807) is 35.2 Å². The molecule has 0 N–H and O–H groups in total. The Morgan fingerprint density at radius 3 is 2.47 bits per heavy atom. The zero-order chi connectivity index (χ0) is 21.5. The molecule has 0 saturated carbocycles. The first-order valence-electron chi connectivity index (χ1n) is 9.82. The number of hydrogen-bond acceptors (Lipinski definition) is 5. The summed E-state index contributed by atoms with van der Waals surface area (Å²) >= 11 is 5.83. The second kappa shape index (κ2) is 10.3. The summed E-state index contributed by atoms with van der Waals surface area (Å²) in [5.41, 5.74) is 1.32. The third-order valence-electron chi connectivity index (χ3n) is 4.78. The lowest BCUT2D eigenvalue weighted by atomic mass is 10.3. The summed E-state index contributed by atoms with van der Waals surface area (Å²) in [7, 11) is 2.07. The van der Waals surface area contributed by atoms with Gasteiger partial charge in [-0.1, -0.05) is 11.6 Å². The monoisotopic (exact) mass is 427 g/mol. The zero-order valence-electron chi connectivity index (χ0n) is 17.4. The van der Waals surface area contributed by atoms with Gasteiger partial charge in [0.1, 0.15) is 24.7 Å². The minimum Gasteiger partial charge on any atom is -0.492 e. The molecule has 30 heavy (non-hydrogen) atoms. The third-order valence-corrected chi connectivity index (χ3v) is 5.00. The van der Waals surface area contributed by atoms with Crippen molar-refractivity contribution in [1.82, 2.24) is 14.5 Å². The first-order valence-corrected chi connectivity index (χ1v) is 10.2. The van der Waals surface area contributed by atoms with Gasteiger partial charge in [-0.2, -0.15) is 0 Å². The van der Waals surface area contributed by atoms with E-state index >= 15 is 0 Å². The van der Waals surface area contributed by atoms with Gasteiger partial charge < -0.3 is 14.4 Å². The fourth-order valence-corrected chi connectivity index (χ4v) is 2.79. The van der Waals surface area contributed by atoms with E-state index < -0.39 is 0 Å². The molecule has 7 heteroatoms. The van der Waals surface area contributed by atoms with Crippen LogP contribution in [-0.4, -0.2) is 40.7 Å². The van der Waals surface area contributed by atoms with Gasteiger partial charge in [0, 0.05) is 36.7 Å². The molecule has 3 aromatic rings. The van der Waals surface area contributed by atoms with Crippen LogP contribution in [0.2, 0.25) is 5.02 Å². The van der Waals surface area contributed by atoms with Crippen LogP contribution in [0, 0.1) is 0 Å². The molecule has 0 saturated heterocycles. The molecule has 2 aromatic heterocycles. The van der Waals surface area contributed by atoms with Gasteiger partial charge in [0.05, 0.1) is 10.7 Å². The van der Waals surface area contributed by atoms with Crippen molar-refractivity contribution < 1.29 is 9.47 Å². The Bertz CT molecular complexity index is 1000. The van der Waals surface area contributed by atoms with Crippen molar-refractivity contribution in [1.29, 1.82) is 0 Å². The molecular formula is C23H26ClN3O3. The van der Waals surface area contributed by atoms with Gasteiger partial charge in [-0.3, -0.25) is 14.3 Å². The molecule has 158 valence electrons. The first-order chi connectivity index (χ1) is 14.4. The number of benzene rings is 1. The SMILES string of the molecule is CC(C)N(C)CCOc1ccc(-n2ccc(OCc3ccc(Cl)cn3)cc2=O)cc1. The van der Waals surface area contributed by atoms with E-state index in [0.717, 1.165) is 23.7 Å². The lowest BCUT2D eigenvalue weighted by molar-refractivity contribution is 0.208. The molecule has 0 amide bonds. The van der Waals surface area contributed by atoms with Gasteiger partial charge >= 0.3 is 0 Å². The highest BCUT2D eigenvalue weighted by Gasteiger charge is 2.05. The van der Waals surface area contributed by atoms with E-state index in [1.807, 2.05) is 24.3 Å². The number of rotatable bonds is 9. The molecule has 0 bridgehead atoms. The maximum Gasteiger partial charge on any atom is 0.258 e. The maximum absolute atomic E-state index is 12.5. The number of ether oxygens (including phenoxy) is 2. The minimum absolute atomic E-state index is 0.177. The van der Waals surface area contributed by atoms with Crippen molar-refractivity contribution in [3.8, 4) is 17.2 Å². The van der Waals surface area contributed by atoms with Crippen LogP contribution in [0.5, 0.6) is 11.5 Å². The molecule has 0 atom stereocenters. The Balaban J connectivity index is 1.59. The maximum atomic E-state index is 12.5. The van der Waals surface area contributed by atoms with Gasteiger partial charge in [0.2, 0.25) is 0 Å². The quantitative estimate of drug-likeness (QED) is 0.512. The predicted octanol–water partition coefficient (Wildman–Crippen LogP) is 4.18. The topological polar surface area (TPSA) is 56.6 Å². The molecule has 0 spiro atoms. The van der Waals surface area contributed by atoms with Crippen LogP contribution >= 0.6 is 11.6 Å². The van der Waals surface area contributed by atoms with E-state index in [2.05, 4.69) is 30.8 Å². The van der Waals surface area contributed by atoms with Crippen molar-refractivity contribution in [3.63, 3.8) is 0 Å². The van der Waals surface area contributed by atoms with Gasteiger partial charge in [-0.25, -0.2) is 0 Å². The second-order valence-electron chi connectivity index (χ2n) is 7.24. The summed E-state index contributed by atoms with van der Waals surface area (Å²) in [6.45, 7) is 6.03. The van der Waals surface area contributed by atoms with Crippen LogP contribution in [0.1, 0.15) is 19.5 Å². The third kappa shape index (κ3) is 6.08. The molecule has 0 aliphatic carbocycles. The summed E-state index contributed by atoms with van der Waals surface area (Å²) in [6, 6.07) is 14.7. The van der Waals surface area contributed by atoms with Gasteiger partial charge in [0.25, 0.3) is 5.56 Å². The Morgan fingerprint density at radius 1 is 1.07 bits per heavy atom. The number of halogens is 1. The summed E-state index contributed by atoms with van der Waals surface area (Å²) < 4.78 is 13.0. The molecule has 3 rings (SSSR count). The Labute approximate surface area is 181 Å². The molecule has 0 aliphatic rings. The lowest BCUT2D eigenvalue weighted by Gasteiger charge is -2.20. The molecule has 1 aromatic carbocycles. The van der Waals surface area contributed by atoms with E-state index in [-0.39, 0.29) is 12.2 Å². The highest BCUT2D eigenvalue weighted by Crippen LogP contribution is 2.16. The number of pyridine rings is 2. The number of likely N-dealkylation sites (N-methyl/N-ethyl adjacent to an activating group) is 1. The summed E-state index contributed by atoms with van der Waals surface area (Å²) in [5.74, 6) is 1.27. The molecule has 6 nitrogen and oxygen atoms in total. The summed E-state index contributed by atoms with van der Waals surface area (Å²) in [6.07, 6.45) is 3.26. The highest BCUT2D eigenvalue weighted by molar-refractivity contribution is 6.30. The van der Waals surface area contributed by atoms with Gasteiger partial charge in [-0.15, -0.1) is 0 Å². The summed E-state index contributed by atoms with van der Waals surface area (Å²) in [5, 5.41) is 0.570.